The van der Waals surface area contributed by atoms with Gasteiger partial charge >= 0.3 is 35.5 Å². The van der Waals surface area contributed by atoms with Gasteiger partial charge in [-0.25, -0.2) is 0 Å². The summed E-state index contributed by atoms with van der Waals surface area (Å²) in [4.78, 5) is 14.4. The molecule has 0 N–H and O–H groups in total. The SMILES string of the molecule is CC(=O)ON(C)C.[NaH]. The molecule has 0 fully saturated rings. The van der Waals surface area contributed by atoms with Crippen LogP contribution in [0.1, 0.15) is 6.92 Å². The first kappa shape index (κ1) is 11.3. The average Bonchev–Trinajstić information content (AvgIpc) is 1.27. The van der Waals surface area contributed by atoms with E-state index < -0.39 is 0 Å². The van der Waals surface area contributed by atoms with Crippen molar-refractivity contribution in [2.24, 2.45) is 0 Å². The standard InChI is InChI=1S/C4H9NO2.Na.H/c1-4(6)7-5(2)3;;/h1-3H3;;. The van der Waals surface area contributed by atoms with Crippen molar-refractivity contribution in [3.8, 4) is 0 Å². The van der Waals surface area contributed by atoms with Crippen LogP contribution < -0.4 is 0 Å². The fraction of sp³-hybridized carbons (Fsp3) is 0.750. The molecule has 0 atom stereocenters. The monoisotopic (exact) mass is 127 g/mol. The normalized spacial score (nSPS) is 8.00. The van der Waals surface area contributed by atoms with Crippen molar-refractivity contribution < 1.29 is 9.63 Å². The van der Waals surface area contributed by atoms with Gasteiger partial charge in [0.15, 0.2) is 0 Å². The van der Waals surface area contributed by atoms with Crippen LogP contribution in [-0.4, -0.2) is 54.7 Å². The molecule has 0 aliphatic heterocycles. The molecule has 4 heteroatoms. The fourth-order valence-electron chi connectivity index (χ4n) is 0.257. The number of hydrogen-bond donors (Lipinski definition) is 0. The Morgan fingerprint density at radius 2 is 1.88 bits per heavy atom. The van der Waals surface area contributed by atoms with Gasteiger partial charge in [-0.05, 0) is 0 Å². The maximum atomic E-state index is 9.99. The minimum atomic E-state index is -0.287. The van der Waals surface area contributed by atoms with E-state index in [-0.39, 0.29) is 35.5 Å². The number of carbonyl (C=O) groups excluding carboxylic acids is 1. The molecule has 0 heterocycles. The predicted molar refractivity (Wildman–Crippen MR) is 32.6 cm³/mol. The molecule has 0 aliphatic carbocycles. The van der Waals surface area contributed by atoms with Gasteiger partial charge in [0.25, 0.3) is 0 Å². The van der Waals surface area contributed by atoms with Crippen LogP contribution in [0.3, 0.4) is 0 Å². The first-order valence-electron chi connectivity index (χ1n) is 1.99. The van der Waals surface area contributed by atoms with E-state index in [0.29, 0.717) is 0 Å². The molecular formula is C4H10NNaO2. The molecule has 0 aromatic heterocycles. The number of hydrogen-bond acceptors (Lipinski definition) is 3. The molecule has 8 heavy (non-hydrogen) atoms. The molecule has 0 aliphatic rings. The Hall–Kier alpha value is 0.430. The summed E-state index contributed by atoms with van der Waals surface area (Å²) < 4.78 is 0. The summed E-state index contributed by atoms with van der Waals surface area (Å²) in [5.74, 6) is -0.287. The Labute approximate surface area is 71.2 Å². The topological polar surface area (TPSA) is 29.5 Å². The zero-order valence-electron chi connectivity index (χ0n) is 4.76. The summed E-state index contributed by atoms with van der Waals surface area (Å²) in [7, 11) is 3.31. The molecule has 0 rings (SSSR count). The van der Waals surface area contributed by atoms with Gasteiger partial charge in [-0.3, -0.25) is 4.79 Å². The third kappa shape index (κ3) is 9.66. The molecule has 0 unspecified atom stereocenters. The van der Waals surface area contributed by atoms with Gasteiger partial charge in [-0.15, -0.1) is 5.06 Å². The Morgan fingerprint density at radius 3 is 1.88 bits per heavy atom. The van der Waals surface area contributed by atoms with E-state index in [1.807, 2.05) is 0 Å². The summed E-state index contributed by atoms with van der Waals surface area (Å²) in [5, 5.41) is 1.35. The van der Waals surface area contributed by atoms with E-state index in [0.717, 1.165) is 0 Å². The van der Waals surface area contributed by atoms with E-state index in [4.69, 9.17) is 0 Å². The van der Waals surface area contributed by atoms with E-state index in [1.54, 1.807) is 14.1 Å². The second-order valence-electron chi connectivity index (χ2n) is 1.40. The summed E-state index contributed by atoms with van der Waals surface area (Å²) >= 11 is 0. The zero-order chi connectivity index (χ0) is 5.86. The fourth-order valence-corrected chi connectivity index (χ4v) is 0.257. The van der Waals surface area contributed by atoms with E-state index in [1.165, 1.54) is 12.0 Å². The Kier molecular flexibility index (Phi) is 7.83. The maximum absolute atomic E-state index is 9.99. The molecule has 0 saturated carbocycles. The Bertz CT molecular complexity index is 74.4. The Morgan fingerprint density at radius 1 is 1.50 bits per heavy atom. The molecule has 0 radical (unpaired) electrons. The molecular weight excluding hydrogens is 117 g/mol. The molecule has 0 aromatic carbocycles. The quantitative estimate of drug-likeness (QED) is 0.347. The van der Waals surface area contributed by atoms with Crippen molar-refractivity contribution >= 4 is 35.5 Å². The van der Waals surface area contributed by atoms with Gasteiger partial charge < -0.3 is 4.84 Å². The molecule has 0 saturated heterocycles. The minimum absolute atomic E-state index is 0. The van der Waals surface area contributed by atoms with Crippen LogP contribution in [0.25, 0.3) is 0 Å². The summed E-state index contributed by atoms with van der Waals surface area (Å²) in [6, 6.07) is 0. The number of hydroxylamine groups is 2. The molecule has 44 valence electrons. The molecule has 0 bridgehead atoms. The summed E-state index contributed by atoms with van der Waals surface area (Å²) in [6.45, 7) is 1.36. The summed E-state index contributed by atoms with van der Waals surface area (Å²) in [5.41, 5.74) is 0. The van der Waals surface area contributed by atoms with Crippen LogP contribution in [0.4, 0.5) is 0 Å². The van der Waals surface area contributed by atoms with Crippen LogP contribution >= 0.6 is 0 Å². The van der Waals surface area contributed by atoms with Gasteiger partial charge in [-0.2, -0.15) is 0 Å². The van der Waals surface area contributed by atoms with Crippen molar-refractivity contribution in [2.45, 2.75) is 6.92 Å². The number of rotatable bonds is 1. The zero-order valence-corrected chi connectivity index (χ0v) is 4.76. The molecule has 0 spiro atoms. The van der Waals surface area contributed by atoms with Gasteiger partial charge in [0, 0.05) is 21.0 Å². The van der Waals surface area contributed by atoms with Crippen molar-refractivity contribution in [3.63, 3.8) is 0 Å². The van der Waals surface area contributed by atoms with Crippen molar-refractivity contribution in [2.75, 3.05) is 14.1 Å². The second-order valence-corrected chi connectivity index (χ2v) is 1.40. The average molecular weight is 127 g/mol. The molecule has 0 amide bonds. The van der Waals surface area contributed by atoms with Gasteiger partial charge in [-0.1, -0.05) is 0 Å². The first-order valence-corrected chi connectivity index (χ1v) is 1.99. The van der Waals surface area contributed by atoms with E-state index >= 15 is 0 Å². The molecule has 0 aromatic rings. The van der Waals surface area contributed by atoms with Crippen LogP contribution in [0.2, 0.25) is 0 Å². The van der Waals surface area contributed by atoms with Gasteiger partial charge in [0.1, 0.15) is 0 Å². The van der Waals surface area contributed by atoms with Crippen LogP contribution in [0.15, 0.2) is 0 Å². The number of carbonyl (C=O) groups is 1. The van der Waals surface area contributed by atoms with Crippen LogP contribution in [0, 0.1) is 0 Å². The van der Waals surface area contributed by atoms with Gasteiger partial charge in [0.2, 0.25) is 0 Å². The van der Waals surface area contributed by atoms with Crippen LogP contribution in [-0.2, 0) is 9.63 Å². The summed E-state index contributed by atoms with van der Waals surface area (Å²) in [6.07, 6.45) is 0. The third-order valence-electron chi connectivity index (χ3n) is 0.311. The van der Waals surface area contributed by atoms with Crippen molar-refractivity contribution in [3.05, 3.63) is 0 Å². The molecule has 3 nitrogen and oxygen atoms in total. The Balaban J connectivity index is 0. The van der Waals surface area contributed by atoms with E-state index in [9.17, 15) is 4.79 Å². The van der Waals surface area contributed by atoms with Crippen LogP contribution in [0.5, 0.6) is 0 Å². The van der Waals surface area contributed by atoms with Crippen molar-refractivity contribution in [1.82, 2.24) is 5.06 Å². The third-order valence-corrected chi connectivity index (χ3v) is 0.311. The van der Waals surface area contributed by atoms with Crippen molar-refractivity contribution in [1.29, 1.82) is 0 Å². The second kappa shape index (κ2) is 5.56. The first-order chi connectivity index (χ1) is 3.13. The van der Waals surface area contributed by atoms with E-state index in [2.05, 4.69) is 4.84 Å². The number of nitrogens with zero attached hydrogens (tertiary/aromatic N) is 1. The predicted octanol–water partition coefficient (Wildman–Crippen LogP) is -0.622. The van der Waals surface area contributed by atoms with Gasteiger partial charge in [0.05, 0.1) is 0 Å².